The molecule has 9 amide bonds. The third-order valence-electron chi connectivity index (χ3n) is 20.0. The summed E-state index contributed by atoms with van der Waals surface area (Å²) in [4.78, 5) is 143. The van der Waals surface area contributed by atoms with Crippen LogP contribution in [0.4, 0.5) is 0 Å². The molecule has 0 radical (unpaired) electrons. The SMILES string of the molecule is Cc1ccc(C(=O)NC(C(=O)NC(=N)c2ccccc2)c2ccccc2)cc1.NC(=NC(=O)C(NC(=O)c1ccc(Cl)c(Cl)c1)c1ccc(Cl)cc1)c1ccccn1.NC(=NC(=O)C(NC(=O)c1ccc(Cl)cc1)c1ccc(Cl)cc1)c1ccccn1.NC(=NC(=O)C(NC(=O)c1cccc(Cl)c1)c1ccc(Cl)cc1)c1ccccn1.O=C(NC(c1ccc(Cl)cc1)c1ccc(Br)cn1)c1ccc(Cl)c(Cl)c1. The lowest BCUT2D eigenvalue weighted by Gasteiger charge is -2.19. The molecule has 0 aliphatic carbocycles. The molecule has 716 valence electrons. The van der Waals surface area contributed by atoms with Gasteiger partial charge in [0.25, 0.3) is 53.2 Å². The number of carbonyl (C=O) groups is 9. The molecule has 0 aliphatic rings. The van der Waals surface area contributed by atoms with Crippen molar-refractivity contribution in [1.29, 1.82) is 5.41 Å². The highest BCUT2D eigenvalue weighted by molar-refractivity contribution is 9.10. The third kappa shape index (κ3) is 32.7. The van der Waals surface area contributed by atoms with Gasteiger partial charge in [0, 0.05) is 92.8 Å². The Morgan fingerprint density at radius 1 is 0.303 bits per heavy atom. The molecule has 13 N–H and O–H groups in total. The van der Waals surface area contributed by atoms with Gasteiger partial charge in [0.15, 0.2) is 17.5 Å². The van der Waals surface area contributed by atoms with E-state index in [9.17, 15) is 43.2 Å². The minimum atomic E-state index is -1.11. The number of aromatic nitrogens is 4. The third-order valence-corrected chi connectivity index (χ3v) is 23.5. The molecular formula is C105H80BrCl10N17O9. The maximum absolute atomic E-state index is 12.9. The van der Waals surface area contributed by atoms with Gasteiger partial charge in [-0.25, -0.2) is 0 Å². The highest BCUT2D eigenvalue weighted by atomic mass is 79.9. The van der Waals surface area contributed by atoms with Crippen LogP contribution in [0.3, 0.4) is 0 Å². The van der Waals surface area contributed by atoms with Gasteiger partial charge in [0.05, 0.1) is 31.8 Å². The highest BCUT2D eigenvalue weighted by Gasteiger charge is 2.30. The Balaban J connectivity index is 0.000000170. The normalized spacial score (nSPS) is 12.0. The quantitative estimate of drug-likeness (QED) is 0.0198. The number of aliphatic imine (C=N–C) groups is 3. The molecule has 5 unspecified atom stereocenters. The highest BCUT2D eigenvalue weighted by Crippen LogP contribution is 2.31. The number of aryl methyl sites for hydroxylation is 1. The Morgan fingerprint density at radius 2 is 0.627 bits per heavy atom. The fraction of sp³-hybridized carbons (Fsp3) is 0.0571. The van der Waals surface area contributed by atoms with Crippen LogP contribution in [0, 0.1) is 12.3 Å². The zero-order valence-corrected chi connectivity index (χ0v) is 83.3. The molecule has 0 saturated carbocycles. The number of halogens is 11. The Hall–Kier alpha value is -14.7. The summed E-state index contributed by atoms with van der Waals surface area (Å²) in [5.74, 6) is -4.72. The fourth-order valence-corrected chi connectivity index (χ4v) is 14.4. The lowest BCUT2D eigenvalue weighted by Crippen LogP contribution is -2.42. The number of nitrogens with two attached hydrogens (primary N) is 3. The fourth-order valence-electron chi connectivity index (χ4n) is 12.7. The zero-order chi connectivity index (χ0) is 102. The number of carbonyl (C=O) groups excluding carboxylic acids is 9. The number of hydrogen-bond donors (Lipinski definition) is 10. The molecule has 37 heteroatoms. The lowest BCUT2D eigenvalue weighted by molar-refractivity contribution is -0.122. The van der Waals surface area contributed by atoms with Gasteiger partial charge in [-0.3, -0.25) is 68.5 Å². The van der Waals surface area contributed by atoms with E-state index >= 15 is 0 Å². The van der Waals surface area contributed by atoms with E-state index in [1.807, 2.05) is 55.5 Å². The van der Waals surface area contributed by atoms with Gasteiger partial charge < -0.3 is 49.1 Å². The van der Waals surface area contributed by atoms with Crippen LogP contribution < -0.4 is 49.1 Å². The summed E-state index contributed by atoms with van der Waals surface area (Å²) in [5.41, 5.74) is 25.9. The molecule has 0 spiro atoms. The largest absolute Gasteiger partial charge is 0.382 e. The molecule has 5 atom stereocenters. The van der Waals surface area contributed by atoms with Crippen LogP contribution in [0.1, 0.15) is 144 Å². The minimum absolute atomic E-state index is 0.0175. The van der Waals surface area contributed by atoms with Gasteiger partial charge >= 0.3 is 0 Å². The molecule has 0 saturated heterocycles. The first-order valence-electron chi connectivity index (χ1n) is 42.2. The summed E-state index contributed by atoms with van der Waals surface area (Å²) < 4.78 is 0.854. The first-order valence-corrected chi connectivity index (χ1v) is 46.8. The number of hydrogen-bond acceptors (Lipinski definition) is 14. The summed E-state index contributed by atoms with van der Waals surface area (Å²) in [6.45, 7) is 1.94. The Bertz CT molecular complexity index is 7010. The number of rotatable bonds is 24. The maximum atomic E-state index is 12.9. The van der Waals surface area contributed by atoms with Crippen LogP contribution in [0.5, 0.6) is 0 Å². The lowest BCUT2D eigenvalue weighted by atomic mass is 10.0. The van der Waals surface area contributed by atoms with E-state index in [2.05, 4.69) is 82.7 Å². The van der Waals surface area contributed by atoms with Crippen molar-refractivity contribution in [2.75, 3.05) is 0 Å². The van der Waals surface area contributed by atoms with Crippen LogP contribution in [-0.2, 0) is 19.2 Å². The summed E-state index contributed by atoms with van der Waals surface area (Å²) >= 11 is 62.8. The maximum Gasteiger partial charge on any atom is 0.274 e. The summed E-state index contributed by atoms with van der Waals surface area (Å²) in [5, 5.41) is 28.8. The summed E-state index contributed by atoms with van der Waals surface area (Å²) in [6.07, 6.45) is 6.30. The molecule has 0 bridgehead atoms. The topological polar surface area (TPSA) is 416 Å². The van der Waals surface area contributed by atoms with E-state index in [4.69, 9.17) is 139 Å². The monoisotopic (exact) mass is 2150 g/mol. The average molecular weight is 2160 g/mol. The molecule has 15 aromatic rings. The molecular weight excluding hydrogens is 2080 g/mol. The Kier molecular flexibility index (Phi) is 40.7. The number of nitrogens with one attached hydrogen (secondary N) is 7. The first-order chi connectivity index (χ1) is 68.2. The van der Waals surface area contributed by atoms with Gasteiger partial charge in [0.2, 0.25) is 0 Å². The smallest absolute Gasteiger partial charge is 0.274 e. The van der Waals surface area contributed by atoms with Crippen LogP contribution in [0.25, 0.3) is 0 Å². The number of benzene rings is 11. The van der Waals surface area contributed by atoms with Crippen LogP contribution in [-0.4, -0.2) is 96.4 Å². The molecule has 0 aliphatic heterocycles. The first kappa shape index (κ1) is 108. The number of amides is 9. The van der Waals surface area contributed by atoms with E-state index in [0.29, 0.717) is 118 Å². The van der Waals surface area contributed by atoms with Crippen molar-refractivity contribution in [3.63, 3.8) is 0 Å². The molecule has 4 heterocycles. The van der Waals surface area contributed by atoms with Crippen LogP contribution >= 0.6 is 132 Å². The molecule has 26 nitrogen and oxygen atoms in total. The van der Waals surface area contributed by atoms with E-state index < -0.39 is 71.6 Å². The summed E-state index contributed by atoms with van der Waals surface area (Å²) in [7, 11) is 0. The minimum Gasteiger partial charge on any atom is -0.382 e. The molecule has 11 aromatic carbocycles. The van der Waals surface area contributed by atoms with Gasteiger partial charge in [-0.05, 0) is 239 Å². The predicted molar refractivity (Wildman–Crippen MR) is 563 cm³/mol. The van der Waals surface area contributed by atoms with Crippen molar-refractivity contribution in [2.24, 2.45) is 32.2 Å². The summed E-state index contributed by atoms with van der Waals surface area (Å²) in [6, 6.07) is 88.0. The second-order valence-corrected chi connectivity index (χ2v) is 35.2. The van der Waals surface area contributed by atoms with Crippen LogP contribution in [0.15, 0.2) is 378 Å². The van der Waals surface area contributed by atoms with Crippen LogP contribution in [0.2, 0.25) is 50.2 Å². The second-order valence-electron chi connectivity index (χ2n) is 30.1. The predicted octanol–water partition coefficient (Wildman–Crippen LogP) is 22.0. The van der Waals surface area contributed by atoms with Crippen molar-refractivity contribution >= 4 is 208 Å². The molecule has 0 fully saturated rings. The number of nitrogens with zero attached hydrogens (tertiary/aromatic N) is 7. The second kappa shape index (κ2) is 53.6. The van der Waals surface area contributed by atoms with Crippen molar-refractivity contribution in [3.05, 3.63) is 503 Å². The van der Waals surface area contributed by atoms with Crippen molar-refractivity contribution in [3.8, 4) is 0 Å². The van der Waals surface area contributed by atoms with E-state index in [1.165, 1.54) is 36.5 Å². The Morgan fingerprint density at radius 3 is 0.993 bits per heavy atom. The molecule has 4 aromatic heterocycles. The van der Waals surface area contributed by atoms with E-state index in [0.717, 1.165) is 15.6 Å². The Labute approximate surface area is 873 Å². The van der Waals surface area contributed by atoms with E-state index in [-0.39, 0.29) is 45.7 Å². The zero-order valence-electron chi connectivity index (χ0n) is 74.1. The average Bonchev–Trinajstić information content (AvgIpc) is 0.814. The van der Waals surface area contributed by atoms with Crippen molar-refractivity contribution in [2.45, 2.75) is 37.1 Å². The van der Waals surface area contributed by atoms with Gasteiger partial charge in [0.1, 0.15) is 47.1 Å². The van der Waals surface area contributed by atoms with Gasteiger partial charge in [-0.15, -0.1) is 0 Å². The van der Waals surface area contributed by atoms with Crippen molar-refractivity contribution in [1.82, 2.24) is 51.8 Å². The molecule has 142 heavy (non-hydrogen) atoms. The standard InChI is InChI=1S/C23H21N3O2.C21H15Cl3N4O2.2C21H16Cl2N4O2.C19H12BrCl3N2O/c1-16-12-14-19(15-13-16)22(27)25-20(17-8-4-2-5-9-17)23(28)26-21(24)18-10-6-3-7-11-18;22-14-7-4-12(5-8-14)18(21(30)28-19(25)17-3-1-2-10-26-17)27-20(29)13-6-9-15(23)16(24)11-13;22-15-9-7-13(8-10-15)18(26-20(28)14-4-3-5-16(23)12-14)21(29)27-19(24)17-6-1-2-11-25-17;22-15-8-4-13(5-9-15)18(26-20(28)14-6-10-16(23)11-7-14)21(29)27-19(24)17-3-1-2-12-25-17;20-13-4-8-17(24-10-13)18(11-1-5-14(21)6-2-11)25-19(26)12-3-7-15(22)16(23)9-12/h2-15,20H,1H3,(H,25,27)(H2,24,26,28);1-11,18H,(H,27,29)(H2,25,28,30);2*1-12,18H,(H,26,28)(H2,24,27,29);1-10,18H,(H,25,26). The van der Waals surface area contributed by atoms with E-state index in [1.54, 1.807) is 273 Å². The number of pyridine rings is 4. The number of amidine groups is 4. The van der Waals surface area contributed by atoms with Gasteiger partial charge in [-0.1, -0.05) is 267 Å². The van der Waals surface area contributed by atoms with Gasteiger partial charge in [-0.2, -0.15) is 15.0 Å². The van der Waals surface area contributed by atoms with Crippen molar-refractivity contribution < 1.29 is 43.2 Å². The molecule has 15 rings (SSSR count).